The van der Waals surface area contributed by atoms with E-state index in [9.17, 15) is 19.2 Å². The fraction of sp³-hybridized carbons (Fsp3) is 0.714. The molecule has 0 spiro atoms. The maximum absolute atomic E-state index is 9.87. The van der Waals surface area contributed by atoms with Crippen LogP contribution < -0.4 is 0 Å². The average molecular weight is 322 g/mol. The number of aliphatic carboxylic acids is 2. The highest BCUT2D eigenvalue weighted by atomic mass is 16.5. The third kappa shape index (κ3) is 42.9. The molecule has 0 aromatic rings. The number of ketones is 2. The molecule has 0 saturated heterocycles. The molecule has 0 saturated carbocycles. The van der Waals surface area contributed by atoms with Gasteiger partial charge in [-0.05, 0) is 26.7 Å². The fourth-order valence-corrected chi connectivity index (χ4v) is 1.00. The standard InChI is InChI=1S/C6H14O2.2C4H6O3/c1-2-3-4-5-6(7)8;2*1-3(5)2-4(6)7/h6-8H,2-5H2,1H3;2*2H2,1H3,(H,6,7). The lowest BCUT2D eigenvalue weighted by atomic mass is 10.2. The van der Waals surface area contributed by atoms with E-state index < -0.39 is 18.2 Å². The minimum Gasteiger partial charge on any atom is -0.481 e. The molecule has 8 nitrogen and oxygen atoms in total. The van der Waals surface area contributed by atoms with E-state index in [1.54, 1.807) is 0 Å². The Kier molecular flexibility index (Phi) is 19.7. The van der Waals surface area contributed by atoms with Gasteiger partial charge >= 0.3 is 11.9 Å². The lowest BCUT2D eigenvalue weighted by molar-refractivity contribution is -0.141. The molecule has 0 aromatic heterocycles. The number of carboxylic acids is 2. The second-order valence-corrected chi connectivity index (χ2v) is 4.52. The summed E-state index contributed by atoms with van der Waals surface area (Å²) in [6.07, 6.45) is 1.85. The van der Waals surface area contributed by atoms with E-state index in [0.29, 0.717) is 6.42 Å². The van der Waals surface area contributed by atoms with Crippen LogP contribution in [-0.2, 0) is 19.2 Å². The quantitative estimate of drug-likeness (QED) is 0.293. The normalized spacial score (nSPS) is 9.00. The molecule has 0 fully saturated rings. The zero-order valence-electron chi connectivity index (χ0n) is 13.2. The summed E-state index contributed by atoms with van der Waals surface area (Å²) in [6, 6.07) is 0. The minimum atomic E-state index is -1.10. The lowest BCUT2D eigenvalue weighted by Gasteiger charge is -1.99. The summed E-state index contributed by atoms with van der Waals surface area (Å²) in [6.45, 7) is 4.58. The Bertz CT molecular complexity index is 286. The van der Waals surface area contributed by atoms with Crippen molar-refractivity contribution in [3.63, 3.8) is 0 Å². The zero-order chi connectivity index (χ0) is 18.1. The van der Waals surface area contributed by atoms with Crippen LogP contribution >= 0.6 is 0 Å². The average Bonchev–Trinajstić information content (AvgIpc) is 2.26. The van der Waals surface area contributed by atoms with Crippen LogP contribution in [0, 0.1) is 0 Å². The Morgan fingerprint density at radius 2 is 1.18 bits per heavy atom. The minimum absolute atomic E-state index is 0.312. The van der Waals surface area contributed by atoms with Crippen LogP contribution in [0.3, 0.4) is 0 Å². The molecular weight excluding hydrogens is 296 g/mol. The van der Waals surface area contributed by atoms with Crippen molar-refractivity contribution >= 4 is 23.5 Å². The number of carbonyl (C=O) groups is 4. The Balaban J connectivity index is -0.000000247. The molecule has 0 rings (SSSR count). The first-order chi connectivity index (χ1) is 10.0. The first kappa shape index (κ1) is 25.2. The summed E-state index contributed by atoms with van der Waals surface area (Å²) in [5, 5.41) is 32.4. The Labute approximate surface area is 129 Å². The molecular formula is C14H26O8. The third-order valence-electron chi connectivity index (χ3n) is 1.87. The summed E-state index contributed by atoms with van der Waals surface area (Å²) < 4.78 is 0. The lowest BCUT2D eigenvalue weighted by Crippen LogP contribution is -2.02. The first-order valence-corrected chi connectivity index (χ1v) is 6.81. The third-order valence-corrected chi connectivity index (χ3v) is 1.87. The molecule has 22 heavy (non-hydrogen) atoms. The van der Waals surface area contributed by atoms with Gasteiger partial charge in [-0.3, -0.25) is 19.2 Å². The van der Waals surface area contributed by atoms with E-state index in [2.05, 4.69) is 6.92 Å². The van der Waals surface area contributed by atoms with Crippen molar-refractivity contribution in [1.82, 2.24) is 0 Å². The predicted molar refractivity (Wildman–Crippen MR) is 78.2 cm³/mol. The number of carbonyl (C=O) groups excluding carboxylic acids is 2. The largest absolute Gasteiger partial charge is 0.481 e. The Hall–Kier alpha value is -1.80. The molecule has 0 atom stereocenters. The summed E-state index contributed by atoms with van der Waals surface area (Å²) in [5.41, 5.74) is 0. The fourth-order valence-electron chi connectivity index (χ4n) is 1.00. The van der Waals surface area contributed by atoms with Crippen molar-refractivity contribution in [2.45, 2.75) is 65.6 Å². The summed E-state index contributed by atoms with van der Waals surface area (Å²) in [7, 11) is 0. The number of aliphatic hydroxyl groups excluding tert-OH is 1. The molecule has 4 N–H and O–H groups in total. The van der Waals surface area contributed by atoms with Crippen LogP contribution in [0.2, 0.25) is 0 Å². The smallest absolute Gasteiger partial charge is 0.310 e. The molecule has 0 aliphatic heterocycles. The molecule has 0 aliphatic carbocycles. The van der Waals surface area contributed by atoms with E-state index >= 15 is 0 Å². The summed E-state index contributed by atoms with van der Waals surface area (Å²) in [5.74, 6) is -2.75. The molecule has 0 heterocycles. The highest BCUT2D eigenvalue weighted by Gasteiger charge is 1.98. The van der Waals surface area contributed by atoms with Crippen LogP contribution in [0.25, 0.3) is 0 Å². The van der Waals surface area contributed by atoms with Crippen molar-refractivity contribution in [3.05, 3.63) is 0 Å². The monoisotopic (exact) mass is 322 g/mol. The number of Topliss-reactive ketones (excluding diaryl/α,β-unsaturated/α-hetero) is 2. The van der Waals surface area contributed by atoms with Crippen molar-refractivity contribution in [2.24, 2.45) is 0 Å². The van der Waals surface area contributed by atoms with Gasteiger partial charge in [0.15, 0.2) is 6.29 Å². The van der Waals surface area contributed by atoms with Gasteiger partial charge in [-0.25, -0.2) is 0 Å². The van der Waals surface area contributed by atoms with Crippen LogP contribution in [0.15, 0.2) is 0 Å². The van der Waals surface area contributed by atoms with E-state index in [0.717, 1.165) is 19.3 Å². The number of unbranched alkanes of at least 4 members (excludes halogenated alkanes) is 2. The van der Waals surface area contributed by atoms with Crippen LogP contribution in [0.4, 0.5) is 0 Å². The van der Waals surface area contributed by atoms with Gasteiger partial charge < -0.3 is 20.4 Å². The molecule has 0 unspecified atom stereocenters. The first-order valence-electron chi connectivity index (χ1n) is 6.81. The topological polar surface area (TPSA) is 149 Å². The van der Waals surface area contributed by atoms with E-state index in [4.69, 9.17) is 20.4 Å². The second-order valence-electron chi connectivity index (χ2n) is 4.52. The number of hydrogen-bond donors (Lipinski definition) is 4. The molecule has 0 amide bonds. The van der Waals surface area contributed by atoms with Crippen molar-refractivity contribution in [3.8, 4) is 0 Å². The molecule has 8 heteroatoms. The van der Waals surface area contributed by atoms with Gasteiger partial charge in [0.25, 0.3) is 0 Å². The van der Waals surface area contributed by atoms with Crippen molar-refractivity contribution in [1.29, 1.82) is 0 Å². The van der Waals surface area contributed by atoms with E-state index in [1.165, 1.54) is 13.8 Å². The highest BCUT2D eigenvalue weighted by molar-refractivity contribution is 5.93. The van der Waals surface area contributed by atoms with Crippen molar-refractivity contribution in [2.75, 3.05) is 0 Å². The zero-order valence-corrected chi connectivity index (χ0v) is 13.2. The van der Waals surface area contributed by atoms with Gasteiger partial charge in [0.05, 0.1) is 0 Å². The molecule has 0 aromatic carbocycles. The molecule has 130 valence electrons. The number of hydrogen-bond acceptors (Lipinski definition) is 6. The molecule has 0 bridgehead atoms. The summed E-state index contributed by atoms with van der Waals surface area (Å²) in [4.78, 5) is 38.9. The highest BCUT2D eigenvalue weighted by Crippen LogP contribution is 1.99. The van der Waals surface area contributed by atoms with Crippen molar-refractivity contribution < 1.29 is 39.6 Å². The van der Waals surface area contributed by atoms with Gasteiger partial charge in [-0.15, -0.1) is 0 Å². The van der Waals surface area contributed by atoms with Gasteiger partial charge in [-0.1, -0.05) is 19.8 Å². The number of aliphatic hydroxyl groups is 2. The molecule has 0 radical (unpaired) electrons. The van der Waals surface area contributed by atoms with Gasteiger partial charge in [0, 0.05) is 0 Å². The maximum Gasteiger partial charge on any atom is 0.310 e. The number of carboxylic acid groups (broad SMARTS) is 2. The van der Waals surface area contributed by atoms with E-state index in [1.807, 2.05) is 0 Å². The van der Waals surface area contributed by atoms with Gasteiger partial charge in [-0.2, -0.15) is 0 Å². The van der Waals surface area contributed by atoms with E-state index in [-0.39, 0.29) is 24.4 Å². The Morgan fingerprint density at radius 1 is 0.818 bits per heavy atom. The van der Waals surface area contributed by atoms with Crippen LogP contribution in [0.1, 0.15) is 59.3 Å². The van der Waals surface area contributed by atoms with Crippen LogP contribution in [-0.4, -0.2) is 50.2 Å². The second kappa shape index (κ2) is 17.3. The van der Waals surface area contributed by atoms with Gasteiger partial charge in [0.1, 0.15) is 24.4 Å². The number of rotatable bonds is 8. The maximum atomic E-state index is 9.87. The predicted octanol–water partition coefficient (Wildman–Crippen LogP) is 0.978. The molecule has 0 aliphatic rings. The van der Waals surface area contributed by atoms with Gasteiger partial charge in [0.2, 0.25) is 0 Å². The summed E-state index contributed by atoms with van der Waals surface area (Å²) >= 11 is 0. The SMILES string of the molecule is CC(=O)CC(=O)O.CC(=O)CC(=O)O.CCCCCC(O)O. The Morgan fingerprint density at radius 3 is 1.32 bits per heavy atom. The van der Waals surface area contributed by atoms with Crippen LogP contribution in [0.5, 0.6) is 0 Å².